The Labute approximate surface area is 96.2 Å². The zero-order chi connectivity index (χ0) is 10.8. The molecule has 1 aliphatic rings. The second-order valence-corrected chi connectivity index (χ2v) is 3.70. The number of rotatable bonds is 2. The number of esters is 1. The van der Waals surface area contributed by atoms with Crippen molar-refractivity contribution in [2.75, 3.05) is 0 Å². The summed E-state index contributed by atoms with van der Waals surface area (Å²) in [5, 5.41) is 0.894. The van der Waals surface area contributed by atoms with E-state index in [1.54, 1.807) is 18.2 Å². The predicted molar refractivity (Wildman–Crippen MR) is 56.1 cm³/mol. The van der Waals surface area contributed by atoms with Gasteiger partial charge in [0.05, 0.1) is 5.02 Å². The lowest BCUT2D eigenvalue weighted by atomic mass is 10.3. The van der Waals surface area contributed by atoms with Crippen molar-refractivity contribution in [3.05, 3.63) is 40.4 Å². The van der Waals surface area contributed by atoms with Gasteiger partial charge < -0.3 is 9.47 Å². The number of benzene rings is 1. The first-order chi connectivity index (χ1) is 7.15. The summed E-state index contributed by atoms with van der Waals surface area (Å²) in [5.41, 5.74) is 0. The number of carbonyl (C=O) groups excluding carboxylic acids is 1. The Hall–Kier alpha value is -1.19. The van der Waals surface area contributed by atoms with Gasteiger partial charge in [-0.2, -0.15) is 0 Å². The van der Waals surface area contributed by atoms with Gasteiger partial charge in [0, 0.05) is 17.2 Å². The second kappa shape index (κ2) is 4.13. The van der Waals surface area contributed by atoms with Crippen LogP contribution in [-0.4, -0.2) is 12.3 Å². The molecule has 0 N–H and O–H groups in total. The summed E-state index contributed by atoms with van der Waals surface area (Å²) in [6.07, 6.45) is 2.10. The van der Waals surface area contributed by atoms with Crippen LogP contribution in [0.3, 0.4) is 0 Å². The van der Waals surface area contributed by atoms with E-state index in [1.165, 1.54) is 12.2 Å². The molecule has 1 heterocycles. The standard InChI is InChI=1S/C10H6Cl2O3/c11-6-1-2-8(7(12)5-6)14-10-4-3-9(13)15-10/h1-5,10H. The number of cyclic esters (lactones) is 1. The highest BCUT2D eigenvalue weighted by Gasteiger charge is 2.18. The maximum absolute atomic E-state index is 10.7. The van der Waals surface area contributed by atoms with E-state index in [0.29, 0.717) is 15.8 Å². The SMILES string of the molecule is O=C1C=CC(Oc2ccc(Cl)cc2Cl)O1. The normalized spacial score (nSPS) is 19.1. The van der Waals surface area contributed by atoms with Gasteiger partial charge >= 0.3 is 5.97 Å². The van der Waals surface area contributed by atoms with Crippen LogP contribution in [0.4, 0.5) is 0 Å². The molecule has 0 fully saturated rings. The molecule has 5 heteroatoms. The molecule has 1 unspecified atom stereocenters. The smallest absolute Gasteiger partial charge is 0.334 e. The molecule has 1 aromatic rings. The fraction of sp³-hybridized carbons (Fsp3) is 0.100. The number of hydrogen-bond acceptors (Lipinski definition) is 3. The van der Waals surface area contributed by atoms with E-state index in [4.69, 9.17) is 32.7 Å². The molecular formula is C10H6Cl2O3. The monoisotopic (exact) mass is 244 g/mol. The van der Waals surface area contributed by atoms with Crippen LogP contribution in [0.15, 0.2) is 30.4 Å². The van der Waals surface area contributed by atoms with E-state index in [0.717, 1.165) is 0 Å². The van der Waals surface area contributed by atoms with E-state index in [-0.39, 0.29) is 0 Å². The molecule has 0 aliphatic carbocycles. The van der Waals surface area contributed by atoms with Crippen LogP contribution in [0.5, 0.6) is 5.75 Å². The van der Waals surface area contributed by atoms with E-state index in [1.807, 2.05) is 0 Å². The van der Waals surface area contributed by atoms with Crippen LogP contribution < -0.4 is 4.74 Å². The maximum Gasteiger partial charge on any atom is 0.334 e. The van der Waals surface area contributed by atoms with Gasteiger partial charge in [-0.1, -0.05) is 23.2 Å². The second-order valence-electron chi connectivity index (χ2n) is 2.86. The highest BCUT2D eigenvalue weighted by molar-refractivity contribution is 6.35. The number of hydrogen-bond donors (Lipinski definition) is 0. The van der Waals surface area contributed by atoms with Crippen molar-refractivity contribution < 1.29 is 14.3 Å². The third-order valence-electron chi connectivity index (χ3n) is 1.76. The Bertz CT molecular complexity index is 429. The van der Waals surface area contributed by atoms with E-state index in [9.17, 15) is 4.79 Å². The fourth-order valence-electron chi connectivity index (χ4n) is 1.11. The molecule has 0 spiro atoms. The van der Waals surface area contributed by atoms with Gasteiger partial charge in [-0.15, -0.1) is 0 Å². The molecule has 0 bridgehead atoms. The molecule has 0 saturated heterocycles. The first-order valence-electron chi connectivity index (χ1n) is 4.16. The van der Waals surface area contributed by atoms with E-state index < -0.39 is 12.3 Å². The van der Waals surface area contributed by atoms with Gasteiger partial charge in [0.2, 0.25) is 0 Å². The van der Waals surface area contributed by atoms with Crippen LogP contribution >= 0.6 is 23.2 Å². The molecule has 78 valence electrons. The van der Waals surface area contributed by atoms with Crippen LogP contribution in [0, 0.1) is 0 Å². The van der Waals surface area contributed by atoms with E-state index in [2.05, 4.69) is 0 Å². The average molecular weight is 245 g/mol. The minimum atomic E-state index is -0.712. The zero-order valence-corrected chi connectivity index (χ0v) is 8.96. The Morgan fingerprint density at radius 3 is 2.73 bits per heavy atom. The lowest BCUT2D eigenvalue weighted by Gasteiger charge is -2.12. The lowest BCUT2D eigenvalue weighted by Crippen LogP contribution is -2.15. The van der Waals surface area contributed by atoms with Crippen molar-refractivity contribution in [2.45, 2.75) is 6.29 Å². The topological polar surface area (TPSA) is 35.5 Å². The summed E-state index contributed by atoms with van der Waals surface area (Å²) in [6, 6.07) is 4.81. The summed E-state index contributed by atoms with van der Waals surface area (Å²) in [4.78, 5) is 10.7. The van der Waals surface area contributed by atoms with Crippen LogP contribution in [0.1, 0.15) is 0 Å². The fourth-order valence-corrected chi connectivity index (χ4v) is 1.56. The van der Waals surface area contributed by atoms with Crippen molar-refractivity contribution in [3.8, 4) is 5.75 Å². The summed E-state index contributed by atoms with van der Waals surface area (Å²) >= 11 is 11.6. The van der Waals surface area contributed by atoms with Gasteiger partial charge in [-0.25, -0.2) is 4.79 Å². The van der Waals surface area contributed by atoms with Gasteiger partial charge in [0.15, 0.2) is 0 Å². The van der Waals surface area contributed by atoms with Gasteiger partial charge in [-0.3, -0.25) is 0 Å². The molecule has 2 rings (SSSR count). The molecule has 0 amide bonds. The lowest BCUT2D eigenvalue weighted by molar-refractivity contribution is -0.147. The molecule has 15 heavy (non-hydrogen) atoms. The van der Waals surface area contributed by atoms with Crippen molar-refractivity contribution in [3.63, 3.8) is 0 Å². The van der Waals surface area contributed by atoms with Crippen molar-refractivity contribution in [2.24, 2.45) is 0 Å². The first-order valence-corrected chi connectivity index (χ1v) is 4.91. The summed E-state index contributed by atoms with van der Waals surface area (Å²) < 4.78 is 10.1. The Morgan fingerprint density at radius 1 is 1.33 bits per heavy atom. The van der Waals surface area contributed by atoms with Crippen molar-refractivity contribution in [1.29, 1.82) is 0 Å². The molecule has 0 aromatic heterocycles. The Kier molecular flexibility index (Phi) is 2.84. The molecule has 0 saturated carbocycles. The average Bonchev–Trinajstić information content (AvgIpc) is 2.56. The number of carbonyl (C=O) groups is 1. The van der Waals surface area contributed by atoms with Gasteiger partial charge in [-0.05, 0) is 18.2 Å². The largest absolute Gasteiger partial charge is 0.449 e. The number of ether oxygens (including phenoxy) is 2. The quantitative estimate of drug-likeness (QED) is 0.751. The molecule has 1 aliphatic heterocycles. The number of halogens is 2. The van der Waals surface area contributed by atoms with Gasteiger partial charge in [0.25, 0.3) is 6.29 Å². The Morgan fingerprint density at radius 2 is 2.13 bits per heavy atom. The van der Waals surface area contributed by atoms with Crippen molar-refractivity contribution >= 4 is 29.2 Å². The highest BCUT2D eigenvalue weighted by Crippen LogP contribution is 2.29. The first kappa shape index (κ1) is 10.3. The van der Waals surface area contributed by atoms with Gasteiger partial charge in [0.1, 0.15) is 5.75 Å². The molecule has 1 atom stereocenters. The molecule has 0 radical (unpaired) electrons. The Balaban J connectivity index is 2.11. The third kappa shape index (κ3) is 2.43. The third-order valence-corrected chi connectivity index (χ3v) is 2.29. The predicted octanol–water partition coefficient (Wildman–Crippen LogP) is 2.81. The summed E-state index contributed by atoms with van der Waals surface area (Å²) in [5.74, 6) is -0.00416. The molecule has 1 aromatic carbocycles. The summed E-state index contributed by atoms with van der Waals surface area (Å²) in [6.45, 7) is 0. The highest BCUT2D eigenvalue weighted by atomic mass is 35.5. The van der Waals surface area contributed by atoms with Crippen LogP contribution in [0.25, 0.3) is 0 Å². The molecular weight excluding hydrogens is 239 g/mol. The van der Waals surface area contributed by atoms with Crippen LogP contribution in [-0.2, 0) is 9.53 Å². The molecule has 3 nitrogen and oxygen atoms in total. The van der Waals surface area contributed by atoms with E-state index >= 15 is 0 Å². The van der Waals surface area contributed by atoms with Crippen molar-refractivity contribution in [1.82, 2.24) is 0 Å². The minimum absolute atomic E-state index is 0.374. The van der Waals surface area contributed by atoms with Crippen LogP contribution in [0.2, 0.25) is 10.0 Å². The maximum atomic E-state index is 10.7. The summed E-state index contributed by atoms with van der Waals surface area (Å²) in [7, 11) is 0. The zero-order valence-electron chi connectivity index (χ0n) is 7.44. The minimum Gasteiger partial charge on any atom is -0.449 e.